The largest absolute Gasteiger partial charge is 0.347 e. The van der Waals surface area contributed by atoms with Crippen molar-refractivity contribution in [3.8, 4) is 0 Å². The standard InChI is InChI=1S/C16H14FN3O2/c1-2-8-19-16(22)14-10-11(7-9-18-14)15(21)20-13-6-4-3-5-12(13)17/h2-7,9-10H,1,8H2,(H,19,22)(H,20,21). The fourth-order valence-electron chi connectivity index (χ4n) is 1.71. The van der Waals surface area contributed by atoms with Gasteiger partial charge < -0.3 is 10.6 Å². The monoisotopic (exact) mass is 299 g/mol. The Hall–Kier alpha value is -3.02. The summed E-state index contributed by atoms with van der Waals surface area (Å²) in [6, 6.07) is 8.62. The molecule has 1 heterocycles. The van der Waals surface area contributed by atoms with E-state index in [4.69, 9.17) is 0 Å². The van der Waals surface area contributed by atoms with E-state index in [1.807, 2.05) is 0 Å². The maximum Gasteiger partial charge on any atom is 0.270 e. The highest BCUT2D eigenvalue weighted by Crippen LogP contribution is 2.14. The molecule has 0 spiro atoms. The van der Waals surface area contributed by atoms with Crippen molar-refractivity contribution in [2.24, 2.45) is 0 Å². The van der Waals surface area contributed by atoms with Gasteiger partial charge in [-0.05, 0) is 24.3 Å². The van der Waals surface area contributed by atoms with Crippen LogP contribution in [-0.2, 0) is 0 Å². The van der Waals surface area contributed by atoms with Crippen LogP contribution in [0.25, 0.3) is 0 Å². The van der Waals surface area contributed by atoms with E-state index in [-0.39, 0.29) is 16.9 Å². The van der Waals surface area contributed by atoms with Crippen molar-refractivity contribution < 1.29 is 14.0 Å². The van der Waals surface area contributed by atoms with E-state index in [1.165, 1.54) is 42.6 Å². The van der Waals surface area contributed by atoms with Crippen LogP contribution in [0, 0.1) is 5.82 Å². The summed E-state index contributed by atoms with van der Waals surface area (Å²) < 4.78 is 13.5. The number of amides is 2. The number of nitrogens with one attached hydrogen (secondary N) is 2. The number of hydrogen-bond donors (Lipinski definition) is 2. The molecule has 0 atom stereocenters. The fourth-order valence-corrected chi connectivity index (χ4v) is 1.71. The normalized spacial score (nSPS) is 9.86. The van der Waals surface area contributed by atoms with Crippen molar-refractivity contribution in [3.63, 3.8) is 0 Å². The highest BCUT2D eigenvalue weighted by Gasteiger charge is 2.12. The van der Waals surface area contributed by atoms with Gasteiger partial charge in [0.05, 0.1) is 5.69 Å². The summed E-state index contributed by atoms with van der Waals surface area (Å²) in [5.74, 6) is -1.47. The second-order valence-electron chi connectivity index (χ2n) is 4.36. The van der Waals surface area contributed by atoms with Crippen LogP contribution in [0.4, 0.5) is 10.1 Å². The SMILES string of the molecule is C=CCNC(=O)c1cc(C(=O)Nc2ccccc2F)ccn1. The van der Waals surface area contributed by atoms with Gasteiger partial charge in [-0.1, -0.05) is 18.2 Å². The van der Waals surface area contributed by atoms with Gasteiger partial charge in [0, 0.05) is 18.3 Å². The third-order valence-corrected chi connectivity index (χ3v) is 2.78. The van der Waals surface area contributed by atoms with Gasteiger partial charge in [-0.3, -0.25) is 14.6 Å². The second-order valence-corrected chi connectivity index (χ2v) is 4.36. The number of anilines is 1. The number of rotatable bonds is 5. The third-order valence-electron chi connectivity index (χ3n) is 2.78. The molecule has 112 valence electrons. The Kier molecular flexibility index (Phi) is 4.98. The minimum Gasteiger partial charge on any atom is -0.347 e. The van der Waals surface area contributed by atoms with Crippen LogP contribution in [0.15, 0.2) is 55.3 Å². The molecule has 0 radical (unpaired) electrons. The minimum atomic E-state index is -0.533. The zero-order valence-electron chi connectivity index (χ0n) is 11.7. The molecule has 0 fully saturated rings. The molecule has 0 aliphatic carbocycles. The van der Waals surface area contributed by atoms with E-state index in [0.717, 1.165) is 0 Å². The van der Waals surface area contributed by atoms with Crippen molar-refractivity contribution in [1.29, 1.82) is 0 Å². The fraction of sp³-hybridized carbons (Fsp3) is 0.0625. The molecule has 0 bridgehead atoms. The quantitative estimate of drug-likeness (QED) is 0.833. The Bertz CT molecular complexity index is 716. The Morgan fingerprint density at radius 3 is 2.73 bits per heavy atom. The number of halogens is 1. The highest BCUT2D eigenvalue weighted by molar-refractivity contribution is 6.05. The highest BCUT2D eigenvalue weighted by atomic mass is 19.1. The summed E-state index contributed by atoms with van der Waals surface area (Å²) in [4.78, 5) is 27.8. The van der Waals surface area contributed by atoms with Gasteiger partial charge in [-0.2, -0.15) is 0 Å². The Balaban J connectivity index is 2.15. The van der Waals surface area contributed by atoms with E-state index < -0.39 is 17.6 Å². The van der Waals surface area contributed by atoms with Gasteiger partial charge in [-0.25, -0.2) is 4.39 Å². The summed E-state index contributed by atoms with van der Waals surface area (Å²) in [6.45, 7) is 3.79. The zero-order chi connectivity index (χ0) is 15.9. The molecule has 1 aromatic carbocycles. The van der Waals surface area contributed by atoms with Crippen molar-refractivity contribution >= 4 is 17.5 Å². The van der Waals surface area contributed by atoms with Crippen LogP contribution in [0.1, 0.15) is 20.8 Å². The summed E-state index contributed by atoms with van der Waals surface area (Å²) in [5, 5.41) is 5.01. The predicted molar refractivity (Wildman–Crippen MR) is 81.1 cm³/mol. The van der Waals surface area contributed by atoms with Crippen LogP contribution < -0.4 is 10.6 Å². The summed E-state index contributed by atoms with van der Waals surface area (Å²) in [6.07, 6.45) is 2.88. The Labute approximate surface area is 126 Å². The molecule has 0 unspecified atom stereocenters. The van der Waals surface area contributed by atoms with Gasteiger partial charge in [0.25, 0.3) is 11.8 Å². The molecule has 5 nitrogen and oxygen atoms in total. The molecule has 1 aromatic heterocycles. The first-order chi connectivity index (χ1) is 10.6. The Morgan fingerprint density at radius 1 is 1.23 bits per heavy atom. The number of benzene rings is 1. The number of carbonyl (C=O) groups is 2. The molecule has 0 aliphatic rings. The maximum atomic E-state index is 13.5. The van der Waals surface area contributed by atoms with Crippen LogP contribution >= 0.6 is 0 Å². The first kappa shape index (κ1) is 15.4. The minimum absolute atomic E-state index is 0.0713. The van der Waals surface area contributed by atoms with Crippen molar-refractivity contribution in [2.45, 2.75) is 0 Å². The molecule has 6 heteroatoms. The van der Waals surface area contributed by atoms with E-state index in [9.17, 15) is 14.0 Å². The molecular formula is C16H14FN3O2. The van der Waals surface area contributed by atoms with E-state index in [0.29, 0.717) is 6.54 Å². The second kappa shape index (κ2) is 7.12. The number of nitrogens with zero attached hydrogens (tertiary/aromatic N) is 1. The van der Waals surface area contributed by atoms with Crippen LogP contribution in [0.2, 0.25) is 0 Å². The first-order valence-corrected chi connectivity index (χ1v) is 6.53. The maximum absolute atomic E-state index is 13.5. The van der Waals surface area contributed by atoms with Crippen LogP contribution in [-0.4, -0.2) is 23.3 Å². The molecule has 2 amide bonds. The summed E-state index contributed by atoms with van der Waals surface area (Å²) >= 11 is 0. The lowest BCUT2D eigenvalue weighted by Gasteiger charge is -2.07. The molecule has 0 aliphatic heterocycles. The predicted octanol–water partition coefficient (Wildman–Crippen LogP) is 2.39. The number of hydrogen-bond acceptors (Lipinski definition) is 3. The molecular weight excluding hydrogens is 285 g/mol. The molecule has 2 aromatic rings. The smallest absolute Gasteiger partial charge is 0.270 e. The molecule has 22 heavy (non-hydrogen) atoms. The lowest BCUT2D eigenvalue weighted by Crippen LogP contribution is -2.24. The van der Waals surface area contributed by atoms with E-state index in [2.05, 4.69) is 22.2 Å². The first-order valence-electron chi connectivity index (χ1n) is 6.53. The number of aromatic nitrogens is 1. The van der Waals surface area contributed by atoms with Crippen molar-refractivity contribution in [3.05, 3.63) is 72.3 Å². The van der Waals surface area contributed by atoms with Crippen molar-refractivity contribution in [2.75, 3.05) is 11.9 Å². The van der Waals surface area contributed by atoms with Gasteiger partial charge >= 0.3 is 0 Å². The molecule has 0 saturated heterocycles. The van der Waals surface area contributed by atoms with E-state index in [1.54, 1.807) is 6.07 Å². The van der Waals surface area contributed by atoms with Gasteiger partial charge in [0.15, 0.2) is 0 Å². The van der Waals surface area contributed by atoms with Gasteiger partial charge in [0.2, 0.25) is 0 Å². The summed E-state index contributed by atoms with van der Waals surface area (Å²) in [5.41, 5.74) is 0.381. The van der Waals surface area contributed by atoms with Gasteiger partial charge in [0.1, 0.15) is 11.5 Å². The molecule has 2 rings (SSSR count). The average molecular weight is 299 g/mol. The van der Waals surface area contributed by atoms with Gasteiger partial charge in [-0.15, -0.1) is 6.58 Å². The number of pyridine rings is 1. The van der Waals surface area contributed by atoms with Crippen LogP contribution in [0.5, 0.6) is 0 Å². The topological polar surface area (TPSA) is 71.1 Å². The zero-order valence-corrected chi connectivity index (χ0v) is 11.7. The Morgan fingerprint density at radius 2 is 2.00 bits per heavy atom. The van der Waals surface area contributed by atoms with Crippen LogP contribution in [0.3, 0.4) is 0 Å². The lowest BCUT2D eigenvalue weighted by atomic mass is 10.2. The average Bonchev–Trinajstić information content (AvgIpc) is 2.54. The number of para-hydroxylation sites is 1. The summed E-state index contributed by atoms with van der Waals surface area (Å²) in [7, 11) is 0. The van der Waals surface area contributed by atoms with E-state index >= 15 is 0 Å². The number of carbonyl (C=O) groups excluding carboxylic acids is 2. The third kappa shape index (κ3) is 3.76. The lowest BCUT2D eigenvalue weighted by molar-refractivity contribution is 0.0953. The van der Waals surface area contributed by atoms with Crippen molar-refractivity contribution in [1.82, 2.24) is 10.3 Å². The molecule has 2 N–H and O–H groups in total. The molecule has 0 saturated carbocycles.